The molecule has 0 atom stereocenters. The molecule has 0 heterocycles. The van der Waals surface area contributed by atoms with E-state index in [-0.39, 0.29) is 29.4 Å². The third-order valence-electron chi connectivity index (χ3n) is 3.50. The Labute approximate surface area is 141 Å². The van der Waals surface area contributed by atoms with E-state index in [1.54, 1.807) is 24.3 Å². The van der Waals surface area contributed by atoms with E-state index in [0.29, 0.717) is 11.3 Å². The number of amides is 1. The molecular weight excluding hydrogens is 326 g/mol. The normalized spacial score (nSPS) is 11.1. The minimum Gasteiger partial charge on any atom is -0.326 e. The Hall–Kier alpha value is -2.47. The summed E-state index contributed by atoms with van der Waals surface area (Å²) in [5.41, 5.74) is 2.04. The van der Waals surface area contributed by atoms with Gasteiger partial charge in [-0.15, -0.1) is 0 Å². The second kappa shape index (κ2) is 7.40. The van der Waals surface area contributed by atoms with Gasteiger partial charge in [-0.2, -0.15) is 0 Å². The lowest BCUT2D eigenvalue weighted by Crippen LogP contribution is -2.14. The number of carbonyl (C=O) groups is 2. The first-order chi connectivity index (χ1) is 11.3. The molecule has 0 saturated carbocycles. The van der Waals surface area contributed by atoms with Crippen molar-refractivity contribution in [3.05, 3.63) is 59.7 Å². The highest BCUT2D eigenvalue weighted by atomic mass is 32.2. The topological polar surface area (TPSA) is 80.3 Å². The van der Waals surface area contributed by atoms with Gasteiger partial charge in [-0.1, -0.05) is 35.9 Å². The van der Waals surface area contributed by atoms with E-state index in [9.17, 15) is 18.0 Å². The molecule has 6 heteroatoms. The molecule has 0 fully saturated rings. The third kappa shape index (κ3) is 5.03. The van der Waals surface area contributed by atoms with Gasteiger partial charge < -0.3 is 5.32 Å². The summed E-state index contributed by atoms with van der Waals surface area (Å²) in [5.74, 6) is -0.434. The van der Waals surface area contributed by atoms with E-state index in [0.717, 1.165) is 11.8 Å². The maximum Gasteiger partial charge on any atom is 0.224 e. The Bertz CT molecular complexity index is 855. The first-order valence-corrected chi connectivity index (χ1v) is 9.35. The predicted octanol–water partition coefficient (Wildman–Crippen LogP) is 3.00. The summed E-state index contributed by atoms with van der Waals surface area (Å²) in [4.78, 5) is 24.1. The van der Waals surface area contributed by atoms with Crippen LogP contribution in [0.3, 0.4) is 0 Å². The van der Waals surface area contributed by atoms with Crippen molar-refractivity contribution >= 4 is 27.2 Å². The largest absolute Gasteiger partial charge is 0.326 e. The number of Topliss-reactive ketones (excluding diaryl/α,β-unsaturated/α-hetero) is 1. The fraction of sp³-hybridized carbons (Fsp3) is 0.222. The molecule has 1 N–H and O–H groups in total. The highest BCUT2D eigenvalue weighted by Crippen LogP contribution is 2.16. The monoisotopic (exact) mass is 345 g/mol. The Morgan fingerprint density at radius 3 is 2.29 bits per heavy atom. The first-order valence-electron chi connectivity index (χ1n) is 7.45. The standard InChI is InChI=1S/C18H19NO4S/c1-13-6-8-14(9-7-13)17(20)10-11-18(21)19-15-4-3-5-16(12-15)24(2,22)23/h3-9,12H,10-11H2,1-2H3,(H,19,21). The molecule has 0 spiro atoms. The molecule has 2 rings (SSSR count). The van der Waals surface area contributed by atoms with Crippen LogP contribution in [0.15, 0.2) is 53.4 Å². The lowest BCUT2D eigenvalue weighted by atomic mass is 10.0. The van der Waals surface area contributed by atoms with E-state index >= 15 is 0 Å². The fourth-order valence-electron chi connectivity index (χ4n) is 2.14. The van der Waals surface area contributed by atoms with Crippen LogP contribution in [-0.2, 0) is 14.6 Å². The second-order valence-corrected chi connectivity index (χ2v) is 7.65. The molecule has 126 valence electrons. The fourth-order valence-corrected chi connectivity index (χ4v) is 2.81. The molecule has 1 amide bonds. The number of hydrogen-bond acceptors (Lipinski definition) is 4. The number of ketones is 1. The van der Waals surface area contributed by atoms with Crippen LogP contribution in [0.25, 0.3) is 0 Å². The van der Waals surface area contributed by atoms with Crippen LogP contribution < -0.4 is 5.32 Å². The third-order valence-corrected chi connectivity index (χ3v) is 4.61. The number of nitrogens with one attached hydrogen (secondary N) is 1. The van der Waals surface area contributed by atoms with Gasteiger partial charge in [-0.25, -0.2) is 8.42 Å². The predicted molar refractivity (Wildman–Crippen MR) is 92.9 cm³/mol. The summed E-state index contributed by atoms with van der Waals surface area (Å²) in [6.45, 7) is 1.94. The number of aryl methyl sites for hydroxylation is 1. The van der Waals surface area contributed by atoms with Crippen molar-refractivity contribution in [3.8, 4) is 0 Å². The quantitative estimate of drug-likeness (QED) is 0.816. The lowest BCUT2D eigenvalue weighted by molar-refractivity contribution is -0.116. The van der Waals surface area contributed by atoms with Crippen molar-refractivity contribution in [2.75, 3.05) is 11.6 Å². The molecule has 24 heavy (non-hydrogen) atoms. The van der Waals surface area contributed by atoms with Gasteiger partial charge in [0, 0.05) is 30.3 Å². The summed E-state index contributed by atoms with van der Waals surface area (Å²) >= 11 is 0. The maximum atomic E-state index is 12.0. The van der Waals surface area contributed by atoms with Crippen molar-refractivity contribution in [2.45, 2.75) is 24.7 Å². The summed E-state index contributed by atoms with van der Waals surface area (Å²) in [7, 11) is -3.33. The van der Waals surface area contributed by atoms with Crippen LogP contribution in [-0.4, -0.2) is 26.4 Å². The molecule has 0 bridgehead atoms. The Kier molecular flexibility index (Phi) is 5.51. The summed E-state index contributed by atoms with van der Waals surface area (Å²) in [5, 5.41) is 2.61. The molecule has 5 nitrogen and oxygen atoms in total. The first kappa shape index (κ1) is 17.9. The Balaban J connectivity index is 1.94. The molecule has 0 aromatic heterocycles. The molecule has 2 aromatic rings. The summed E-state index contributed by atoms with van der Waals surface area (Å²) in [6, 6.07) is 13.2. The highest BCUT2D eigenvalue weighted by molar-refractivity contribution is 7.90. The van der Waals surface area contributed by atoms with Gasteiger partial charge in [-0.3, -0.25) is 9.59 Å². The van der Waals surface area contributed by atoms with Crippen LogP contribution in [0.2, 0.25) is 0 Å². The van der Waals surface area contributed by atoms with E-state index in [4.69, 9.17) is 0 Å². The van der Waals surface area contributed by atoms with Gasteiger partial charge in [0.2, 0.25) is 5.91 Å². The summed E-state index contributed by atoms with van der Waals surface area (Å²) < 4.78 is 23.0. The van der Waals surface area contributed by atoms with Crippen molar-refractivity contribution in [1.82, 2.24) is 0 Å². The molecule has 0 aliphatic rings. The van der Waals surface area contributed by atoms with Crippen molar-refractivity contribution in [3.63, 3.8) is 0 Å². The average Bonchev–Trinajstić information content (AvgIpc) is 2.53. The van der Waals surface area contributed by atoms with Crippen LogP contribution in [0, 0.1) is 6.92 Å². The van der Waals surface area contributed by atoms with Crippen molar-refractivity contribution < 1.29 is 18.0 Å². The number of sulfone groups is 1. The number of anilines is 1. The zero-order chi connectivity index (χ0) is 17.7. The molecule has 0 aliphatic heterocycles. The van der Waals surface area contributed by atoms with E-state index < -0.39 is 9.84 Å². The molecule has 0 aliphatic carbocycles. The summed E-state index contributed by atoms with van der Waals surface area (Å²) in [6.07, 6.45) is 1.24. The molecule has 0 radical (unpaired) electrons. The van der Waals surface area contributed by atoms with Crippen LogP contribution >= 0.6 is 0 Å². The second-order valence-electron chi connectivity index (χ2n) is 5.64. The van der Waals surface area contributed by atoms with Gasteiger partial charge in [0.25, 0.3) is 0 Å². The number of benzene rings is 2. The van der Waals surface area contributed by atoms with Gasteiger partial charge in [-0.05, 0) is 25.1 Å². The zero-order valence-electron chi connectivity index (χ0n) is 13.6. The number of carbonyl (C=O) groups excluding carboxylic acids is 2. The van der Waals surface area contributed by atoms with E-state index in [1.807, 2.05) is 19.1 Å². The van der Waals surface area contributed by atoms with Gasteiger partial charge >= 0.3 is 0 Å². The van der Waals surface area contributed by atoms with Gasteiger partial charge in [0.15, 0.2) is 15.6 Å². The highest BCUT2D eigenvalue weighted by Gasteiger charge is 2.11. The Morgan fingerprint density at radius 1 is 1.00 bits per heavy atom. The van der Waals surface area contributed by atoms with E-state index in [2.05, 4.69) is 5.32 Å². The van der Waals surface area contributed by atoms with Gasteiger partial charge in [0.05, 0.1) is 4.90 Å². The van der Waals surface area contributed by atoms with E-state index in [1.165, 1.54) is 12.1 Å². The lowest BCUT2D eigenvalue weighted by Gasteiger charge is -2.07. The van der Waals surface area contributed by atoms with Crippen molar-refractivity contribution in [2.24, 2.45) is 0 Å². The minimum atomic E-state index is -3.33. The number of rotatable bonds is 6. The smallest absolute Gasteiger partial charge is 0.224 e. The zero-order valence-corrected chi connectivity index (χ0v) is 14.4. The average molecular weight is 345 g/mol. The van der Waals surface area contributed by atoms with Gasteiger partial charge in [0.1, 0.15) is 0 Å². The van der Waals surface area contributed by atoms with Crippen molar-refractivity contribution in [1.29, 1.82) is 0 Å². The minimum absolute atomic E-state index is 0.0375. The molecule has 0 saturated heterocycles. The molecular formula is C18H19NO4S. The van der Waals surface area contributed by atoms with Crippen LogP contribution in [0.5, 0.6) is 0 Å². The van der Waals surface area contributed by atoms with Crippen LogP contribution in [0.4, 0.5) is 5.69 Å². The number of hydrogen-bond donors (Lipinski definition) is 1. The maximum absolute atomic E-state index is 12.0. The molecule has 2 aromatic carbocycles. The Morgan fingerprint density at radius 2 is 1.67 bits per heavy atom. The van der Waals surface area contributed by atoms with Crippen LogP contribution in [0.1, 0.15) is 28.8 Å². The SMILES string of the molecule is Cc1ccc(C(=O)CCC(=O)Nc2cccc(S(C)(=O)=O)c2)cc1. The molecule has 0 unspecified atom stereocenters.